The van der Waals surface area contributed by atoms with Gasteiger partial charge in [-0.3, -0.25) is 39.4 Å². The highest BCUT2D eigenvalue weighted by molar-refractivity contribution is 6.31. The normalized spacial score (nSPS) is 23.5. The van der Waals surface area contributed by atoms with E-state index in [0.29, 0.717) is 71.7 Å². The number of nitrogens with zero attached hydrogens (tertiary/aromatic N) is 1. The van der Waals surface area contributed by atoms with Gasteiger partial charge in [-0.15, -0.1) is 0 Å². The summed E-state index contributed by atoms with van der Waals surface area (Å²) in [5.41, 5.74) is 2.70. The molecule has 2 saturated heterocycles. The van der Waals surface area contributed by atoms with E-state index in [1.54, 1.807) is 53.4 Å². The Morgan fingerprint density at radius 3 is 2.41 bits per heavy atom. The Labute approximate surface area is 374 Å². The molecule has 4 N–H and O–H groups in total. The minimum Gasteiger partial charge on any atom is -0.325 e. The number of anilines is 2. The quantitative estimate of drug-likeness (QED) is 0.0632. The number of carbonyl (C=O) groups is 6. The first-order chi connectivity index (χ1) is 30.4. The van der Waals surface area contributed by atoms with Crippen LogP contribution in [-0.2, 0) is 37.6 Å². The van der Waals surface area contributed by atoms with Crippen molar-refractivity contribution in [2.75, 3.05) is 10.6 Å². The van der Waals surface area contributed by atoms with Crippen molar-refractivity contribution in [1.82, 2.24) is 15.5 Å². The topological polar surface area (TPSA) is 154 Å². The van der Waals surface area contributed by atoms with Gasteiger partial charge < -0.3 is 15.5 Å². The largest absolute Gasteiger partial charge is 0.325 e. The molecule has 0 radical (unpaired) electrons. The Morgan fingerprint density at radius 1 is 0.857 bits per heavy atom. The number of unbranched alkanes of at least 4 members (excludes halogenated alkanes) is 3. The van der Waals surface area contributed by atoms with Crippen molar-refractivity contribution in [2.24, 2.45) is 0 Å². The lowest BCUT2D eigenvalue weighted by Gasteiger charge is -2.47. The highest BCUT2D eigenvalue weighted by atomic mass is 35.5. The molecule has 63 heavy (non-hydrogen) atoms. The Balaban J connectivity index is 0.824. The average molecular weight is 893 g/mol. The van der Waals surface area contributed by atoms with E-state index in [2.05, 4.69) is 21.3 Å². The molecule has 326 valence electrons. The van der Waals surface area contributed by atoms with Gasteiger partial charge in [-0.1, -0.05) is 85.6 Å². The van der Waals surface area contributed by atoms with E-state index in [4.69, 9.17) is 23.2 Å². The Hall–Kier alpha value is -5.43. The molecule has 0 bridgehead atoms. The summed E-state index contributed by atoms with van der Waals surface area (Å²) in [7, 11) is 0. The number of Topliss-reactive ketones (excluding diaryl/α,β-unsaturated/α-hetero) is 1. The first-order valence-electron chi connectivity index (χ1n) is 21.9. The number of piperidine rings is 1. The predicted molar refractivity (Wildman–Crippen MR) is 237 cm³/mol. The number of amides is 5. The highest BCUT2D eigenvalue weighted by Gasteiger charge is 2.72. The molecule has 3 fully saturated rings. The van der Waals surface area contributed by atoms with Crippen LogP contribution in [0.15, 0.2) is 78.9 Å². The predicted octanol–water partition coefficient (Wildman–Crippen LogP) is 8.56. The van der Waals surface area contributed by atoms with Crippen LogP contribution in [0.3, 0.4) is 0 Å². The summed E-state index contributed by atoms with van der Waals surface area (Å²) in [6, 6.07) is 20.9. The summed E-state index contributed by atoms with van der Waals surface area (Å²) in [5, 5.41) is 12.4. The number of rotatable bonds is 12. The molecular weight excluding hydrogens is 844 g/mol. The zero-order valence-electron chi connectivity index (χ0n) is 34.7. The van der Waals surface area contributed by atoms with Gasteiger partial charge in [-0.25, -0.2) is 4.39 Å². The lowest BCUT2D eigenvalue weighted by atomic mass is 9.55. The molecule has 9 rings (SSSR count). The summed E-state index contributed by atoms with van der Waals surface area (Å²) in [5.74, 6) is -3.30. The zero-order valence-corrected chi connectivity index (χ0v) is 36.2. The van der Waals surface area contributed by atoms with Gasteiger partial charge in [0.15, 0.2) is 5.78 Å². The molecule has 11 nitrogen and oxygen atoms in total. The van der Waals surface area contributed by atoms with E-state index >= 15 is 4.39 Å². The zero-order chi connectivity index (χ0) is 44.0. The first kappa shape index (κ1) is 42.9. The Kier molecular flexibility index (Phi) is 11.7. The smallest absolute Gasteiger partial charge is 0.255 e. The van der Waals surface area contributed by atoms with E-state index in [1.807, 2.05) is 24.3 Å². The lowest BCUT2D eigenvalue weighted by molar-refractivity contribution is -0.137. The number of benzene rings is 4. The SMILES string of the molecule is O=C1CCC(N2Cc3ccc(CCCCCCC(=O)c4ccc(NC(=O)[C@@H]5NC6(CCCCC6)[C@@]6(C(=O)Nc7cc(Cl)ccc76)[C@H]5c5cccc(Cl)c5F)cc4)cc3C2=O)C(=O)N1. The van der Waals surface area contributed by atoms with E-state index < -0.39 is 46.6 Å². The molecular formula is C49H48Cl2FN5O6. The van der Waals surface area contributed by atoms with Gasteiger partial charge in [0.1, 0.15) is 17.3 Å². The van der Waals surface area contributed by atoms with Crippen LogP contribution < -0.4 is 21.3 Å². The summed E-state index contributed by atoms with van der Waals surface area (Å²) in [6.45, 7) is 0.354. The van der Waals surface area contributed by atoms with Gasteiger partial charge in [-0.05, 0) is 109 Å². The standard InChI is InChI=1S/C49H48Cl2FN5O6/c50-31-17-20-35-37(26-31)54-47(63)49(35)41(33-10-8-11-36(51)42(33)52)43(56-48(49)23-6-3-7-24-48)45(61)53-32-18-15-29(16-19-32)39(58)12-5-2-1-4-9-28-13-14-30-27-57(46(62)34(30)25-28)38-21-22-40(59)55-44(38)60/h8,10-11,13-20,25-26,38,41,43,56H,1-7,9,12,21-24,27H2,(H,53,61)(H,54,63)(H,55,59,60)/t38?,41-,43+,49+/m0/s1. The van der Waals surface area contributed by atoms with Gasteiger partial charge in [0.25, 0.3) is 5.91 Å². The number of halogens is 3. The monoisotopic (exact) mass is 891 g/mol. The lowest BCUT2D eigenvalue weighted by Crippen LogP contribution is -2.60. The van der Waals surface area contributed by atoms with Gasteiger partial charge in [0, 0.05) is 58.4 Å². The van der Waals surface area contributed by atoms with Crippen LogP contribution in [0.5, 0.6) is 0 Å². The van der Waals surface area contributed by atoms with E-state index in [9.17, 15) is 28.8 Å². The molecule has 4 aromatic carbocycles. The second-order valence-corrected chi connectivity index (χ2v) is 18.5. The van der Waals surface area contributed by atoms with Crippen molar-refractivity contribution in [1.29, 1.82) is 0 Å². The molecule has 1 saturated carbocycles. The van der Waals surface area contributed by atoms with Gasteiger partial charge >= 0.3 is 0 Å². The second kappa shape index (κ2) is 17.3. The van der Waals surface area contributed by atoms with Crippen LogP contribution in [-0.4, -0.2) is 57.8 Å². The maximum Gasteiger partial charge on any atom is 0.255 e. The van der Waals surface area contributed by atoms with E-state index in [1.165, 1.54) is 6.07 Å². The molecule has 4 aliphatic heterocycles. The molecule has 1 aliphatic carbocycles. The summed E-state index contributed by atoms with van der Waals surface area (Å²) in [6.07, 6.45) is 8.90. The first-order valence-corrected chi connectivity index (χ1v) is 22.7. The van der Waals surface area contributed by atoms with Gasteiger partial charge in [-0.2, -0.15) is 0 Å². The molecule has 0 aromatic heterocycles. The van der Waals surface area contributed by atoms with Crippen LogP contribution in [0.2, 0.25) is 10.0 Å². The van der Waals surface area contributed by atoms with Crippen LogP contribution in [0, 0.1) is 5.82 Å². The second-order valence-electron chi connectivity index (χ2n) is 17.6. The minimum atomic E-state index is -1.34. The number of hydrogen-bond acceptors (Lipinski definition) is 7. The summed E-state index contributed by atoms with van der Waals surface area (Å²) < 4.78 is 16.2. The molecule has 4 aromatic rings. The third-order valence-corrected chi connectivity index (χ3v) is 14.5. The fourth-order valence-electron chi connectivity index (χ4n) is 11.0. The van der Waals surface area contributed by atoms with Crippen molar-refractivity contribution in [3.8, 4) is 0 Å². The van der Waals surface area contributed by atoms with E-state index in [-0.39, 0.29) is 40.5 Å². The number of imide groups is 1. The van der Waals surface area contributed by atoms with Gasteiger partial charge in [0.2, 0.25) is 23.6 Å². The number of hydrogen-bond donors (Lipinski definition) is 4. The van der Waals surface area contributed by atoms with E-state index in [0.717, 1.165) is 56.1 Å². The van der Waals surface area contributed by atoms with Crippen LogP contribution in [0.4, 0.5) is 15.8 Å². The van der Waals surface area contributed by atoms with Crippen LogP contribution in [0.1, 0.15) is 126 Å². The maximum absolute atomic E-state index is 16.2. The Morgan fingerprint density at radius 2 is 1.63 bits per heavy atom. The minimum absolute atomic E-state index is 0.00766. The fourth-order valence-corrected chi connectivity index (χ4v) is 11.4. The molecule has 5 amide bonds. The highest BCUT2D eigenvalue weighted by Crippen LogP contribution is 2.63. The van der Waals surface area contributed by atoms with Crippen molar-refractivity contribution >= 4 is 69.9 Å². The third kappa shape index (κ3) is 7.63. The van der Waals surface area contributed by atoms with Crippen molar-refractivity contribution < 1.29 is 33.2 Å². The number of carbonyl (C=O) groups excluding carboxylic acids is 6. The average Bonchev–Trinajstić information content (AvgIpc) is 3.86. The molecule has 2 spiro atoms. The summed E-state index contributed by atoms with van der Waals surface area (Å²) in [4.78, 5) is 81.1. The third-order valence-electron chi connectivity index (χ3n) is 14.0. The fraction of sp³-hybridized carbons (Fsp3) is 0.388. The molecule has 4 atom stereocenters. The molecule has 5 aliphatic rings. The molecule has 14 heteroatoms. The molecule has 1 unspecified atom stereocenters. The van der Waals surface area contributed by atoms with Crippen molar-refractivity contribution in [3.63, 3.8) is 0 Å². The van der Waals surface area contributed by atoms with Crippen molar-refractivity contribution in [3.05, 3.63) is 128 Å². The number of aryl methyl sites for hydroxylation is 1. The maximum atomic E-state index is 16.2. The number of ketones is 1. The van der Waals surface area contributed by atoms with Crippen LogP contribution in [0.25, 0.3) is 0 Å². The molecule has 4 heterocycles. The number of fused-ring (bicyclic) bond motifs is 4. The van der Waals surface area contributed by atoms with Gasteiger partial charge in [0.05, 0.1) is 11.1 Å². The number of nitrogens with one attached hydrogen (secondary N) is 4. The summed E-state index contributed by atoms with van der Waals surface area (Å²) >= 11 is 12.8. The van der Waals surface area contributed by atoms with Crippen LogP contribution >= 0.6 is 23.2 Å². The van der Waals surface area contributed by atoms with Crippen molar-refractivity contribution in [2.45, 2.75) is 119 Å². The Bertz CT molecular complexity index is 2540.